The summed E-state index contributed by atoms with van der Waals surface area (Å²) < 4.78 is 29.7. The molecule has 0 spiro atoms. The first-order valence-corrected chi connectivity index (χ1v) is 20.0. The van der Waals surface area contributed by atoms with Crippen molar-refractivity contribution in [2.75, 3.05) is 79.3 Å². The number of hydrogen-bond donors (Lipinski definition) is 0. The van der Waals surface area contributed by atoms with Crippen molar-refractivity contribution in [3.05, 3.63) is 59.2 Å². The summed E-state index contributed by atoms with van der Waals surface area (Å²) in [5.41, 5.74) is 0. The molecule has 2 saturated carbocycles. The second-order valence-electron chi connectivity index (χ2n) is 14.2. The van der Waals surface area contributed by atoms with E-state index in [1.54, 1.807) is 0 Å². The standard InChI is InChI=1S/2C10H15.6C4H8O.6B.Mg.2Nd/c2*1-6-7(2)9(4)10(5)8(6)3;6*1-2-4-5-3-1;;;;;;;;;/h2*1-5H3;6*1-4H2;;;;;;;;;/q;;;;;;;;6*-1;+2;2*+3. The van der Waals surface area contributed by atoms with Gasteiger partial charge in [0.2, 0.25) is 0 Å². The monoisotopic (exact) mass is 1080 g/mol. The fourth-order valence-corrected chi connectivity index (χ4v) is 5.87. The molecule has 0 amide bonds. The van der Waals surface area contributed by atoms with Gasteiger partial charge in [0, 0.05) is 79.3 Å². The summed E-state index contributed by atoms with van der Waals surface area (Å²) in [7, 11) is 0. The van der Waals surface area contributed by atoms with Gasteiger partial charge in [-0.25, -0.2) is 0 Å². The van der Waals surface area contributed by atoms with Gasteiger partial charge in [0.15, 0.2) is 0 Å². The maximum atomic E-state index is 4.94. The molecule has 6 heterocycles. The molecule has 6 saturated heterocycles. The van der Waals surface area contributed by atoms with Gasteiger partial charge in [-0.05, 0) is 136 Å². The van der Waals surface area contributed by atoms with E-state index in [0.717, 1.165) is 79.3 Å². The van der Waals surface area contributed by atoms with E-state index in [-0.39, 0.29) is 155 Å². The van der Waals surface area contributed by atoms with Crippen LogP contribution in [0.4, 0.5) is 0 Å². The van der Waals surface area contributed by atoms with Crippen molar-refractivity contribution in [2.45, 2.75) is 146 Å². The van der Waals surface area contributed by atoms with Crippen molar-refractivity contribution in [2.24, 2.45) is 0 Å². The van der Waals surface area contributed by atoms with Crippen molar-refractivity contribution >= 4 is 73.5 Å². The zero-order valence-electron chi connectivity index (χ0n) is 39.6. The predicted octanol–water partition coefficient (Wildman–Crippen LogP) is 8.06. The summed E-state index contributed by atoms with van der Waals surface area (Å²) in [6.07, 6.45) is 15.3. The Balaban J connectivity index is -0.0000000688. The van der Waals surface area contributed by atoms with Crippen LogP contribution in [0.5, 0.6) is 0 Å². The van der Waals surface area contributed by atoms with Crippen molar-refractivity contribution in [3.63, 3.8) is 0 Å². The third kappa shape index (κ3) is 40.4. The van der Waals surface area contributed by atoms with E-state index < -0.39 is 0 Å². The zero-order chi connectivity index (χ0) is 37.0. The second kappa shape index (κ2) is 55.9. The molecule has 0 atom stereocenters. The Morgan fingerprint density at radius 3 is 0.305 bits per heavy atom. The Labute approximate surface area is 462 Å². The average molecular weight is 1080 g/mol. The molecule has 8 fully saturated rings. The summed E-state index contributed by atoms with van der Waals surface area (Å²) >= 11 is 0. The minimum absolute atomic E-state index is 0. The third-order valence-electron chi connectivity index (χ3n) is 10.6. The largest absolute Gasteiger partial charge is 3.00 e. The fraction of sp³-hybridized carbons (Fsp3) is 0.773. The van der Waals surface area contributed by atoms with Gasteiger partial charge in [-0.15, -0.1) is 0 Å². The van der Waals surface area contributed by atoms with Crippen LogP contribution in [0.2, 0.25) is 0 Å². The van der Waals surface area contributed by atoms with Gasteiger partial charge >= 0.3 is 105 Å². The normalized spacial score (nSPS) is 21.9. The topological polar surface area (TPSA) is 55.4 Å². The van der Waals surface area contributed by atoms with E-state index in [4.69, 9.17) is 28.4 Å². The number of hydrogen-bond acceptors (Lipinski definition) is 6. The first kappa shape index (κ1) is 82.7. The average Bonchev–Trinajstić information content (AvgIpc) is 4.03. The molecule has 0 unspecified atom stereocenters. The van der Waals surface area contributed by atoms with Crippen molar-refractivity contribution in [1.29, 1.82) is 0 Å². The molecule has 36 radical (unpaired) electrons. The maximum Gasteiger partial charge on any atom is 3.00 e. The molecule has 316 valence electrons. The van der Waals surface area contributed by atoms with Crippen LogP contribution < -0.4 is 0 Å². The van der Waals surface area contributed by atoms with Crippen molar-refractivity contribution in [1.82, 2.24) is 0 Å². The van der Waals surface area contributed by atoms with Crippen LogP contribution in [-0.4, -0.2) is 153 Å². The van der Waals surface area contributed by atoms with E-state index in [1.165, 1.54) is 136 Å². The molecule has 2 aliphatic carbocycles. The van der Waals surface area contributed by atoms with Crippen LogP contribution in [0.3, 0.4) is 0 Å². The summed E-state index contributed by atoms with van der Waals surface area (Å²) in [5.74, 6) is 14.7. The van der Waals surface area contributed by atoms with E-state index in [2.05, 4.69) is 69.2 Å². The van der Waals surface area contributed by atoms with Crippen LogP contribution in [0.1, 0.15) is 146 Å². The molecular formula is C44H78B6MgNd2O6+2. The molecule has 8 rings (SSSR count). The summed E-state index contributed by atoms with van der Waals surface area (Å²) in [5, 5.41) is 0. The summed E-state index contributed by atoms with van der Waals surface area (Å²) in [4.78, 5) is 0. The fourth-order valence-electron chi connectivity index (χ4n) is 5.87. The van der Waals surface area contributed by atoms with Gasteiger partial charge in [-0.3, -0.25) is 0 Å². The minimum atomic E-state index is 0. The van der Waals surface area contributed by atoms with Gasteiger partial charge in [0.05, 0.1) is 0 Å². The molecule has 0 aromatic rings. The predicted molar refractivity (Wildman–Crippen MR) is 250 cm³/mol. The SMILES string of the molecule is C1CCOC1.C1CCOC1.C1CCOC1.C1CCOC1.C1CCOC1.C1CCOC1.C[C]1[C](C)[C](C)[C](C)[C]1C.C[C]1[C](C)[C](C)[C](C)[C]1C.[B-].[B-].[B-].[B-].[B-].[B-].[Mg+2].[Nd+3].[Nd+3]. The molecule has 0 aromatic carbocycles. The molecule has 0 aromatic heterocycles. The Hall–Kier alpha value is 3.62. The first-order valence-electron chi connectivity index (χ1n) is 20.0. The van der Waals surface area contributed by atoms with Crippen LogP contribution in [0.15, 0.2) is 0 Å². The van der Waals surface area contributed by atoms with E-state index in [1.807, 2.05) is 0 Å². The van der Waals surface area contributed by atoms with Crippen LogP contribution in [-0.2, 0) is 28.4 Å². The van der Waals surface area contributed by atoms with Gasteiger partial charge in [0.1, 0.15) is 0 Å². The molecule has 6 aliphatic heterocycles. The Morgan fingerprint density at radius 2 is 0.271 bits per heavy atom. The molecule has 15 heteroatoms. The van der Waals surface area contributed by atoms with E-state index in [0.29, 0.717) is 0 Å². The molecule has 6 nitrogen and oxygen atoms in total. The quantitative estimate of drug-likeness (QED) is 0.229. The Kier molecular flexibility index (Phi) is 78.4. The Bertz CT molecular complexity index is 516. The third-order valence-corrected chi connectivity index (χ3v) is 10.6. The van der Waals surface area contributed by atoms with Gasteiger partial charge in [-0.2, -0.15) is 0 Å². The molecule has 0 N–H and O–H groups in total. The zero-order valence-corrected chi connectivity index (χ0v) is 47.4. The van der Waals surface area contributed by atoms with Gasteiger partial charge in [-0.1, -0.05) is 69.2 Å². The molecule has 0 bridgehead atoms. The molecule has 8 aliphatic rings. The molecule has 59 heavy (non-hydrogen) atoms. The number of rotatable bonds is 0. The Morgan fingerprint density at radius 1 is 0.203 bits per heavy atom. The van der Waals surface area contributed by atoms with Gasteiger partial charge in [0.25, 0.3) is 0 Å². The van der Waals surface area contributed by atoms with Crippen LogP contribution in [0, 0.1) is 141 Å². The first-order chi connectivity index (χ1) is 24.1. The van der Waals surface area contributed by atoms with Crippen molar-refractivity contribution < 1.29 is 110 Å². The van der Waals surface area contributed by atoms with E-state index in [9.17, 15) is 0 Å². The van der Waals surface area contributed by atoms with Gasteiger partial charge < -0.3 is 78.9 Å². The summed E-state index contributed by atoms with van der Waals surface area (Å²) in [6.45, 7) is 34.0. The van der Waals surface area contributed by atoms with Crippen LogP contribution in [0.25, 0.3) is 0 Å². The smallest absolute Gasteiger partial charge is 1.00 e. The summed E-state index contributed by atoms with van der Waals surface area (Å²) in [6, 6.07) is 0. The number of ether oxygens (including phenoxy) is 6. The van der Waals surface area contributed by atoms with E-state index >= 15 is 0 Å². The second-order valence-corrected chi connectivity index (χ2v) is 14.2. The molecular weight excluding hydrogens is 1000 g/mol. The minimum Gasteiger partial charge on any atom is -1.00 e. The maximum absolute atomic E-state index is 4.94. The van der Waals surface area contributed by atoms with Crippen molar-refractivity contribution in [3.8, 4) is 0 Å². The van der Waals surface area contributed by atoms with Crippen LogP contribution >= 0.6 is 0 Å².